The van der Waals surface area contributed by atoms with Crippen LogP contribution in [0.1, 0.15) is 32.1 Å². The Labute approximate surface area is 89.9 Å². The Morgan fingerprint density at radius 2 is 2.00 bits per heavy atom. The van der Waals surface area contributed by atoms with Gasteiger partial charge in [-0.25, -0.2) is 8.78 Å². The van der Waals surface area contributed by atoms with Gasteiger partial charge in [0.15, 0.2) is 0 Å². The second-order valence-corrected chi connectivity index (χ2v) is 4.27. The molecule has 0 aromatic rings. The maximum absolute atomic E-state index is 12.2. The van der Waals surface area contributed by atoms with Gasteiger partial charge >= 0.3 is 0 Å². The zero-order chi connectivity index (χ0) is 11.3. The summed E-state index contributed by atoms with van der Waals surface area (Å²) in [6.45, 7) is -0.219. The summed E-state index contributed by atoms with van der Waals surface area (Å²) in [5.41, 5.74) is 0. The van der Waals surface area contributed by atoms with E-state index in [1.807, 2.05) is 0 Å². The van der Waals surface area contributed by atoms with Crippen molar-refractivity contribution in [2.75, 3.05) is 13.6 Å². The fourth-order valence-corrected chi connectivity index (χ4v) is 2.32. The van der Waals surface area contributed by atoms with Crippen molar-refractivity contribution >= 4 is 0 Å². The Balaban J connectivity index is 2.58. The van der Waals surface area contributed by atoms with Crippen LogP contribution < -0.4 is 0 Å². The maximum Gasteiger partial charge on any atom is 0.251 e. The largest absolute Gasteiger partial charge is 0.297 e. The average molecular weight is 216 g/mol. The van der Waals surface area contributed by atoms with Gasteiger partial charge in [-0.1, -0.05) is 19.3 Å². The van der Waals surface area contributed by atoms with Crippen LogP contribution in [0, 0.1) is 17.2 Å². The molecule has 4 heteroatoms. The predicted molar refractivity (Wildman–Crippen MR) is 54.6 cm³/mol. The fourth-order valence-electron chi connectivity index (χ4n) is 2.32. The monoisotopic (exact) mass is 216 g/mol. The Bertz CT molecular complexity index is 225. The first kappa shape index (κ1) is 12.4. The van der Waals surface area contributed by atoms with Gasteiger partial charge in [-0.05, 0) is 19.9 Å². The molecule has 0 N–H and O–H groups in total. The molecule has 0 aromatic carbocycles. The molecular formula is C11H18F2N2. The van der Waals surface area contributed by atoms with Crippen molar-refractivity contribution in [1.29, 1.82) is 5.26 Å². The van der Waals surface area contributed by atoms with E-state index in [0.717, 1.165) is 32.1 Å². The molecule has 2 atom stereocenters. The zero-order valence-electron chi connectivity index (χ0n) is 9.13. The molecule has 2 nitrogen and oxygen atoms in total. The minimum atomic E-state index is -2.31. The van der Waals surface area contributed by atoms with E-state index < -0.39 is 6.43 Å². The fraction of sp³-hybridized carbons (Fsp3) is 0.909. The van der Waals surface area contributed by atoms with Crippen molar-refractivity contribution in [3.05, 3.63) is 0 Å². The van der Waals surface area contributed by atoms with Gasteiger partial charge in [0.1, 0.15) is 0 Å². The third-order valence-electron chi connectivity index (χ3n) is 3.14. The smallest absolute Gasteiger partial charge is 0.251 e. The first-order valence-electron chi connectivity index (χ1n) is 5.53. The topological polar surface area (TPSA) is 27.0 Å². The molecule has 0 aliphatic heterocycles. The summed E-state index contributed by atoms with van der Waals surface area (Å²) in [7, 11) is 1.70. The van der Waals surface area contributed by atoms with Crippen LogP contribution in [0.3, 0.4) is 0 Å². The lowest BCUT2D eigenvalue weighted by Crippen LogP contribution is -2.39. The van der Waals surface area contributed by atoms with Crippen LogP contribution in [0.25, 0.3) is 0 Å². The van der Waals surface area contributed by atoms with Crippen LogP contribution in [-0.4, -0.2) is 31.0 Å². The lowest BCUT2D eigenvalue weighted by atomic mass is 9.95. The van der Waals surface area contributed by atoms with Crippen LogP contribution >= 0.6 is 0 Å². The van der Waals surface area contributed by atoms with Gasteiger partial charge < -0.3 is 0 Å². The van der Waals surface area contributed by atoms with Crippen molar-refractivity contribution in [3.8, 4) is 6.07 Å². The average Bonchev–Trinajstić information content (AvgIpc) is 2.40. The molecule has 2 unspecified atom stereocenters. The molecule has 1 saturated carbocycles. The lowest BCUT2D eigenvalue weighted by Gasteiger charge is -2.29. The standard InChI is InChI=1S/C11H18F2N2/c1-15(8-11(12)13)10-6-4-2-3-5-9(10)7-14/h9-11H,2-6,8H2,1H3. The molecule has 1 rings (SSSR count). The minimum absolute atomic E-state index is 0.0199. The van der Waals surface area contributed by atoms with E-state index in [-0.39, 0.29) is 18.5 Å². The molecule has 1 aliphatic rings. The van der Waals surface area contributed by atoms with Crippen molar-refractivity contribution in [2.24, 2.45) is 5.92 Å². The first-order chi connectivity index (χ1) is 7.15. The van der Waals surface area contributed by atoms with E-state index >= 15 is 0 Å². The van der Waals surface area contributed by atoms with Gasteiger partial charge in [-0.15, -0.1) is 0 Å². The van der Waals surface area contributed by atoms with Gasteiger partial charge in [-0.3, -0.25) is 4.90 Å². The predicted octanol–water partition coefficient (Wildman–Crippen LogP) is 2.66. The van der Waals surface area contributed by atoms with E-state index in [0.29, 0.717) is 0 Å². The first-order valence-corrected chi connectivity index (χ1v) is 5.53. The van der Waals surface area contributed by atoms with Gasteiger partial charge in [0, 0.05) is 6.04 Å². The second kappa shape index (κ2) is 6.02. The Morgan fingerprint density at radius 1 is 1.33 bits per heavy atom. The van der Waals surface area contributed by atoms with Crippen LogP contribution in [-0.2, 0) is 0 Å². The van der Waals surface area contributed by atoms with E-state index in [4.69, 9.17) is 5.26 Å². The zero-order valence-corrected chi connectivity index (χ0v) is 9.13. The number of nitriles is 1. The van der Waals surface area contributed by atoms with Crippen LogP contribution in [0.2, 0.25) is 0 Å². The van der Waals surface area contributed by atoms with Gasteiger partial charge in [0.2, 0.25) is 0 Å². The normalized spacial score (nSPS) is 27.7. The van der Waals surface area contributed by atoms with Crippen LogP contribution in [0.5, 0.6) is 0 Å². The number of rotatable bonds is 3. The van der Waals surface area contributed by atoms with Gasteiger partial charge in [-0.2, -0.15) is 5.26 Å². The summed E-state index contributed by atoms with van der Waals surface area (Å²) in [4.78, 5) is 1.66. The number of nitrogens with zero attached hydrogens (tertiary/aromatic N) is 2. The molecule has 0 radical (unpaired) electrons. The Hall–Kier alpha value is -0.690. The van der Waals surface area contributed by atoms with E-state index in [1.165, 1.54) is 0 Å². The van der Waals surface area contributed by atoms with Crippen LogP contribution in [0.4, 0.5) is 8.78 Å². The molecule has 15 heavy (non-hydrogen) atoms. The summed E-state index contributed by atoms with van der Waals surface area (Å²) >= 11 is 0. The third-order valence-corrected chi connectivity index (χ3v) is 3.14. The third kappa shape index (κ3) is 3.75. The van der Waals surface area contributed by atoms with Crippen molar-refractivity contribution in [2.45, 2.75) is 44.6 Å². The highest BCUT2D eigenvalue weighted by Gasteiger charge is 2.28. The van der Waals surface area contributed by atoms with Crippen molar-refractivity contribution < 1.29 is 8.78 Å². The molecule has 0 saturated heterocycles. The number of alkyl halides is 2. The summed E-state index contributed by atoms with van der Waals surface area (Å²) in [5.74, 6) is -0.0729. The Kier molecular flexibility index (Phi) is 4.97. The summed E-state index contributed by atoms with van der Waals surface area (Å²) in [5, 5.41) is 9.01. The van der Waals surface area contributed by atoms with Gasteiger partial charge in [0.05, 0.1) is 18.5 Å². The highest BCUT2D eigenvalue weighted by Crippen LogP contribution is 2.26. The summed E-state index contributed by atoms with van der Waals surface area (Å²) in [6.07, 6.45) is 2.65. The van der Waals surface area contributed by atoms with Crippen molar-refractivity contribution in [3.63, 3.8) is 0 Å². The summed E-state index contributed by atoms with van der Waals surface area (Å²) in [6, 6.07) is 2.28. The molecule has 0 bridgehead atoms. The van der Waals surface area contributed by atoms with Gasteiger partial charge in [0.25, 0.3) is 6.43 Å². The number of hydrogen-bond acceptors (Lipinski definition) is 2. The molecular weight excluding hydrogens is 198 g/mol. The SMILES string of the molecule is CN(CC(F)F)C1CCCCCC1C#N. The number of halogens is 2. The summed E-state index contributed by atoms with van der Waals surface area (Å²) < 4.78 is 24.5. The molecule has 0 spiro atoms. The highest BCUT2D eigenvalue weighted by atomic mass is 19.3. The number of hydrogen-bond donors (Lipinski definition) is 0. The second-order valence-electron chi connectivity index (χ2n) is 4.27. The minimum Gasteiger partial charge on any atom is -0.297 e. The molecule has 1 aliphatic carbocycles. The molecule has 1 fully saturated rings. The highest BCUT2D eigenvalue weighted by molar-refractivity contribution is 4.94. The van der Waals surface area contributed by atoms with Crippen molar-refractivity contribution in [1.82, 2.24) is 4.90 Å². The van der Waals surface area contributed by atoms with E-state index in [2.05, 4.69) is 6.07 Å². The molecule has 0 aromatic heterocycles. The maximum atomic E-state index is 12.2. The lowest BCUT2D eigenvalue weighted by molar-refractivity contribution is 0.0689. The van der Waals surface area contributed by atoms with E-state index in [1.54, 1.807) is 11.9 Å². The molecule has 0 amide bonds. The molecule has 86 valence electrons. The van der Waals surface area contributed by atoms with E-state index in [9.17, 15) is 8.78 Å². The molecule has 0 heterocycles. The van der Waals surface area contributed by atoms with Crippen LogP contribution in [0.15, 0.2) is 0 Å². The quantitative estimate of drug-likeness (QED) is 0.678. The Morgan fingerprint density at radius 3 is 2.60 bits per heavy atom.